The molecule has 0 saturated heterocycles. The number of rotatable bonds is 6. The smallest absolute Gasteiger partial charge is 0.226 e. The first-order valence-corrected chi connectivity index (χ1v) is 9.66. The van der Waals surface area contributed by atoms with Gasteiger partial charge in [0.1, 0.15) is 0 Å². The number of carbonyl (C=O) groups excluding carboxylic acids is 2. The molecular formula is C21H23BrN2O2. The molecule has 5 heteroatoms. The maximum absolute atomic E-state index is 12.3. The van der Waals surface area contributed by atoms with Gasteiger partial charge in [0.05, 0.1) is 0 Å². The largest absolute Gasteiger partial charge is 0.352 e. The summed E-state index contributed by atoms with van der Waals surface area (Å²) >= 11 is 3.43. The zero-order valence-electron chi connectivity index (χ0n) is 15.0. The highest BCUT2D eigenvalue weighted by Gasteiger charge is 2.43. The third kappa shape index (κ3) is 4.73. The first-order chi connectivity index (χ1) is 12.4. The molecule has 4 nitrogen and oxygen atoms in total. The van der Waals surface area contributed by atoms with Crippen molar-refractivity contribution in [2.75, 3.05) is 5.32 Å². The van der Waals surface area contributed by atoms with Crippen molar-refractivity contribution in [2.24, 2.45) is 11.8 Å². The molecule has 2 unspecified atom stereocenters. The Morgan fingerprint density at radius 2 is 1.73 bits per heavy atom. The summed E-state index contributed by atoms with van der Waals surface area (Å²) in [6, 6.07) is 15.8. The lowest BCUT2D eigenvalue weighted by Crippen LogP contribution is -2.24. The Morgan fingerprint density at radius 1 is 1.08 bits per heavy atom. The lowest BCUT2D eigenvalue weighted by atomic mass is 10.1. The summed E-state index contributed by atoms with van der Waals surface area (Å²) in [4.78, 5) is 24.0. The molecule has 136 valence electrons. The topological polar surface area (TPSA) is 58.2 Å². The lowest BCUT2D eigenvalue weighted by molar-refractivity contribution is -0.122. The molecule has 0 spiro atoms. The SMILES string of the molecule is CC(C)C(=O)Nc1ccc(CNC(=O)C2CC2c2ccc(Br)cc2)cc1. The third-order valence-electron chi connectivity index (χ3n) is 4.64. The van der Waals surface area contributed by atoms with Gasteiger partial charge in [-0.25, -0.2) is 0 Å². The van der Waals surface area contributed by atoms with Crippen molar-refractivity contribution in [3.8, 4) is 0 Å². The summed E-state index contributed by atoms with van der Waals surface area (Å²) in [7, 11) is 0. The van der Waals surface area contributed by atoms with Crippen LogP contribution < -0.4 is 10.6 Å². The predicted octanol–water partition coefficient (Wildman–Crippen LogP) is 4.46. The first kappa shape index (κ1) is 18.6. The summed E-state index contributed by atoms with van der Waals surface area (Å²) in [5, 5.41) is 5.87. The second-order valence-electron chi connectivity index (χ2n) is 7.06. The molecular weight excluding hydrogens is 392 g/mol. The number of amides is 2. The molecule has 1 saturated carbocycles. The standard InChI is InChI=1S/C21H23BrN2O2/c1-13(2)20(25)24-17-9-3-14(4-10-17)12-23-21(26)19-11-18(19)15-5-7-16(22)8-6-15/h3-10,13,18-19H,11-12H2,1-2H3,(H,23,26)(H,24,25). The van der Waals surface area contributed by atoms with E-state index in [1.54, 1.807) is 0 Å². The Hall–Kier alpha value is -2.14. The van der Waals surface area contributed by atoms with Gasteiger partial charge in [-0.3, -0.25) is 9.59 Å². The minimum absolute atomic E-state index is 0.00114. The van der Waals surface area contributed by atoms with Gasteiger partial charge in [0.25, 0.3) is 0 Å². The minimum Gasteiger partial charge on any atom is -0.352 e. The van der Waals surface area contributed by atoms with Gasteiger partial charge in [-0.15, -0.1) is 0 Å². The van der Waals surface area contributed by atoms with Gasteiger partial charge in [0.15, 0.2) is 0 Å². The van der Waals surface area contributed by atoms with E-state index in [2.05, 4.69) is 38.7 Å². The number of halogens is 1. The fraction of sp³-hybridized carbons (Fsp3) is 0.333. The number of hydrogen-bond acceptors (Lipinski definition) is 2. The molecule has 0 aromatic heterocycles. The third-order valence-corrected chi connectivity index (χ3v) is 5.17. The van der Waals surface area contributed by atoms with Crippen molar-refractivity contribution in [1.29, 1.82) is 0 Å². The van der Waals surface area contributed by atoms with Crippen LogP contribution in [0.2, 0.25) is 0 Å². The summed E-state index contributed by atoms with van der Waals surface area (Å²) < 4.78 is 1.05. The Labute approximate surface area is 162 Å². The van der Waals surface area contributed by atoms with E-state index in [-0.39, 0.29) is 23.7 Å². The summed E-state index contributed by atoms with van der Waals surface area (Å²) in [6.07, 6.45) is 0.910. The first-order valence-electron chi connectivity index (χ1n) is 8.87. The molecule has 2 N–H and O–H groups in total. The van der Waals surface area contributed by atoms with Gasteiger partial charge in [-0.05, 0) is 47.7 Å². The Balaban J connectivity index is 1.48. The van der Waals surface area contributed by atoms with E-state index in [1.165, 1.54) is 5.56 Å². The number of nitrogens with one attached hydrogen (secondary N) is 2. The second kappa shape index (κ2) is 8.04. The predicted molar refractivity (Wildman–Crippen MR) is 107 cm³/mol. The van der Waals surface area contributed by atoms with Crippen LogP contribution in [0.4, 0.5) is 5.69 Å². The van der Waals surface area contributed by atoms with Gasteiger partial charge in [-0.2, -0.15) is 0 Å². The van der Waals surface area contributed by atoms with Crippen molar-refractivity contribution < 1.29 is 9.59 Å². The van der Waals surface area contributed by atoms with Crippen LogP contribution in [0.15, 0.2) is 53.0 Å². The van der Waals surface area contributed by atoms with Crippen molar-refractivity contribution >= 4 is 33.4 Å². The van der Waals surface area contributed by atoms with Gasteiger partial charge >= 0.3 is 0 Å². The average molecular weight is 415 g/mol. The second-order valence-corrected chi connectivity index (χ2v) is 7.97. The zero-order chi connectivity index (χ0) is 18.7. The minimum atomic E-state index is -0.0498. The molecule has 26 heavy (non-hydrogen) atoms. The molecule has 0 aliphatic heterocycles. The molecule has 2 atom stereocenters. The van der Waals surface area contributed by atoms with Crippen molar-refractivity contribution in [2.45, 2.75) is 32.7 Å². The number of anilines is 1. The normalized spacial score (nSPS) is 18.5. The van der Waals surface area contributed by atoms with Crippen LogP contribution >= 0.6 is 15.9 Å². The highest BCUT2D eigenvalue weighted by atomic mass is 79.9. The van der Waals surface area contributed by atoms with E-state index >= 15 is 0 Å². The van der Waals surface area contributed by atoms with Crippen molar-refractivity contribution in [1.82, 2.24) is 5.32 Å². The van der Waals surface area contributed by atoms with Crippen LogP contribution in [0.25, 0.3) is 0 Å². The van der Waals surface area contributed by atoms with E-state index in [9.17, 15) is 9.59 Å². The van der Waals surface area contributed by atoms with Gasteiger partial charge in [0, 0.05) is 28.5 Å². The maximum Gasteiger partial charge on any atom is 0.226 e. The molecule has 1 aliphatic rings. The molecule has 0 bridgehead atoms. The summed E-state index contributed by atoms with van der Waals surface area (Å²) in [6.45, 7) is 4.22. The van der Waals surface area contributed by atoms with Crippen molar-refractivity contribution in [3.05, 3.63) is 64.1 Å². The molecule has 3 rings (SSSR count). The Bertz CT molecular complexity index is 785. The number of hydrogen-bond donors (Lipinski definition) is 2. The van der Waals surface area contributed by atoms with Crippen LogP contribution in [0.1, 0.15) is 37.3 Å². The molecule has 2 amide bonds. The van der Waals surface area contributed by atoms with Gasteiger partial charge in [-0.1, -0.05) is 54.0 Å². The molecule has 1 fully saturated rings. The fourth-order valence-corrected chi connectivity index (χ4v) is 3.14. The van der Waals surface area contributed by atoms with Crippen LogP contribution in [0.5, 0.6) is 0 Å². The monoisotopic (exact) mass is 414 g/mol. The quantitative estimate of drug-likeness (QED) is 0.732. The van der Waals surface area contributed by atoms with Gasteiger partial charge < -0.3 is 10.6 Å². The number of carbonyl (C=O) groups is 2. The Kier molecular flexibility index (Phi) is 5.77. The fourth-order valence-electron chi connectivity index (χ4n) is 2.88. The van der Waals surface area contributed by atoms with Gasteiger partial charge in [0.2, 0.25) is 11.8 Å². The molecule has 0 radical (unpaired) electrons. The van der Waals surface area contributed by atoms with E-state index < -0.39 is 0 Å². The van der Waals surface area contributed by atoms with Crippen LogP contribution in [-0.4, -0.2) is 11.8 Å². The molecule has 0 heterocycles. The van der Waals surface area contributed by atoms with Crippen LogP contribution in [0, 0.1) is 11.8 Å². The highest BCUT2D eigenvalue weighted by molar-refractivity contribution is 9.10. The van der Waals surface area contributed by atoms with E-state index in [1.807, 2.05) is 50.2 Å². The molecule has 2 aromatic rings. The van der Waals surface area contributed by atoms with E-state index in [4.69, 9.17) is 0 Å². The molecule has 2 aromatic carbocycles. The van der Waals surface area contributed by atoms with E-state index in [0.29, 0.717) is 12.5 Å². The lowest BCUT2D eigenvalue weighted by Gasteiger charge is -2.09. The average Bonchev–Trinajstić information content (AvgIpc) is 3.42. The van der Waals surface area contributed by atoms with Crippen LogP contribution in [0.3, 0.4) is 0 Å². The van der Waals surface area contributed by atoms with Crippen molar-refractivity contribution in [3.63, 3.8) is 0 Å². The van der Waals surface area contributed by atoms with Crippen LogP contribution in [-0.2, 0) is 16.1 Å². The zero-order valence-corrected chi connectivity index (χ0v) is 16.5. The molecule has 1 aliphatic carbocycles. The highest BCUT2D eigenvalue weighted by Crippen LogP contribution is 2.47. The Morgan fingerprint density at radius 3 is 2.35 bits per heavy atom. The summed E-state index contributed by atoms with van der Waals surface area (Å²) in [5.41, 5.74) is 3.01. The van der Waals surface area contributed by atoms with E-state index in [0.717, 1.165) is 22.1 Å². The number of benzene rings is 2. The summed E-state index contributed by atoms with van der Waals surface area (Å²) in [5.74, 6) is 0.456. The maximum atomic E-state index is 12.3.